The van der Waals surface area contributed by atoms with Crippen molar-refractivity contribution in [3.05, 3.63) is 83.4 Å². The van der Waals surface area contributed by atoms with Crippen molar-refractivity contribution in [2.75, 3.05) is 37.1 Å². The molecule has 45 heavy (non-hydrogen) atoms. The molecular formula is C32H31N3O10. The van der Waals surface area contributed by atoms with Gasteiger partial charge in [-0.05, 0) is 87.5 Å². The van der Waals surface area contributed by atoms with Gasteiger partial charge >= 0.3 is 11.9 Å². The lowest BCUT2D eigenvalue weighted by Crippen LogP contribution is -2.44. The van der Waals surface area contributed by atoms with Crippen molar-refractivity contribution in [3.63, 3.8) is 0 Å². The Hall–Kier alpha value is -5.72. The summed E-state index contributed by atoms with van der Waals surface area (Å²) in [6.45, 7) is 4.72. The first kappa shape index (κ1) is 32.2. The van der Waals surface area contributed by atoms with E-state index in [0.29, 0.717) is 41.0 Å². The number of rotatable bonds is 13. The van der Waals surface area contributed by atoms with Crippen LogP contribution in [0, 0.1) is 0 Å². The summed E-state index contributed by atoms with van der Waals surface area (Å²) < 4.78 is 20.8. The fourth-order valence-electron chi connectivity index (χ4n) is 4.31. The van der Waals surface area contributed by atoms with Crippen LogP contribution in [0.2, 0.25) is 0 Å². The van der Waals surface area contributed by atoms with Crippen LogP contribution < -0.4 is 20.1 Å². The van der Waals surface area contributed by atoms with Gasteiger partial charge in [0, 0.05) is 11.4 Å². The highest BCUT2D eigenvalue weighted by molar-refractivity contribution is 6.23. The van der Waals surface area contributed by atoms with E-state index in [4.69, 9.17) is 18.9 Å². The van der Waals surface area contributed by atoms with Crippen molar-refractivity contribution >= 4 is 46.9 Å². The molecular weight excluding hydrogens is 586 g/mol. The predicted octanol–water partition coefficient (Wildman–Crippen LogP) is 3.45. The SMILES string of the molecule is CCOc1ccc(NC(=O)COC(=O)c2ccc3c(c2)C(=O)N(C(C)C(=O)OCC(=O)Nc2ccc(OCC)cc2)C3=O)cc1. The number of benzene rings is 3. The number of imide groups is 1. The molecule has 234 valence electrons. The molecule has 0 bridgehead atoms. The molecule has 0 saturated carbocycles. The lowest BCUT2D eigenvalue weighted by Gasteiger charge is -2.20. The van der Waals surface area contributed by atoms with Crippen molar-refractivity contribution in [1.29, 1.82) is 0 Å². The van der Waals surface area contributed by atoms with Crippen LogP contribution in [0.5, 0.6) is 11.5 Å². The van der Waals surface area contributed by atoms with Crippen LogP contribution in [0.4, 0.5) is 11.4 Å². The maximum atomic E-state index is 13.1. The zero-order chi connectivity index (χ0) is 32.5. The number of fused-ring (bicyclic) bond motifs is 1. The van der Waals surface area contributed by atoms with Crippen LogP contribution in [0.3, 0.4) is 0 Å². The number of hydrogen-bond acceptors (Lipinski definition) is 10. The molecule has 1 heterocycles. The third kappa shape index (κ3) is 8.02. The van der Waals surface area contributed by atoms with Crippen LogP contribution in [-0.4, -0.2) is 72.9 Å². The summed E-state index contributed by atoms with van der Waals surface area (Å²) in [7, 11) is 0. The van der Waals surface area contributed by atoms with Crippen LogP contribution in [0.15, 0.2) is 66.7 Å². The van der Waals surface area contributed by atoms with Crippen molar-refractivity contribution in [3.8, 4) is 11.5 Å². The molecule has 13 heteroatoms. The number of carbonyl (C=O) groups is 6. The van der Waals surface area contributed by atoms with Crippen molar-refractivity contribution in [2.45, 2.75) is 26.8 Å². The van der Waals surface area contributed by atoms with Crippen molar-refractivity contribution in [1.82, 2.24) is 4.90 Å². The molecule has 1 aliphatic heterocycles. The lowest BCUT2D eigenvalue weighted by molar-refractivity contribution is -0.150. The molecule has 0 aromatic heterocycles. The number of esters is 2. The highest BCUT2D eigenvalue weighted by Crippen LogP contribution is 2.27. The van der Waals surface area contributed by atoms with Crippen LogP contribution in [0.1, 0.15) is 51.8 Å². The van der Waals surface area contributed by atoms with Gasteiger partial charge in [0.1, 0.15) is 17.5 Å². The normalized spacial score (nSPS) is 12.6. The Balaban J connectivity index is 1.29. The standard InChI is InChI=1S/C32H31N3O10/c1-4-42-23-11-7-21(8-12-23)33-27(36)17-44-31(40)19(3)35-29(38)25-15-6-20(16-26(25)30(35)39)32(41)45-18-28(37)34-22-9-13-24(14-10-22)43-5-2/h6-16,19H,4-5,17-18H2,1-3H3,(H,33,36)(H,34,37). The van der Waals surface area contributed by atoms with Crippen LogP contribution >= 0.6 is 0 Å². The Morgan fingerprint density at radius 2 is 1.18 bits per heavy atom. The van der Waals surface area contributed by atoms with Gasteiger partial charge in [-0.15, -0.1) is 0 Å². The molecule has 2 N–H and O–H groups in total. The average molecular weight is 618 g/mol. The second-order valence-corrected chi connectivity index (χ2v) is 9.61. The topological polar surface area (TPSA) is 167 Å². The molecule has 0 aliphatic carbocycles. The number of nitrogens with one attached hydrogen (secondary N) is 2. The summed E-state index contributed by atoms with van der Waals surface area (Å²) in [4.78, 5) is 76.5. The number of amides is 4. The minimum atomic E-state index is -1.36. The van der Waals surface area contributed by atoms with Gasteiger partial charge in [0.2, 0.25) is 0 Å². The molecule has 0 saturated heterocycles. The summed E-state index contributed by atoms with van der Waals surface area (Å²) in [5.41, 5.74) is 0.698. The fourth-order valence-corrected chi connectivity index (χ4v) is 4.31. The minimum Gasteiger partial charge on any atom is -0.494 e. The van der Waals surface area contributed by atoms with Gasteiger partial charge in [0.15, 0.2) is 13.2 Å². The summed E-state index contributed by atoms with van der Waals surface area (Å²) in [6.07, 6.45) is 0. The fraction of sp³-hybridized carbons (Fsp3) is 0.250. The minimum absolute atomic E-state index is 0.0299. The number of carbonyl (C=O) groups excluding carboxylic acids is 6. The molecule has 0 radical (unpaired) electrons. The first-order valence-electron chi connectivity index (χ1n) is 14.0. The zero-order valence-electron chi connectivity index (χ0n) is 24.8. The third-order valence-electron chi connectivity index (χ3n) is 6.46. The van der Waals surface area contributed by atoms with E-state index < -0.39 is 54.8 Å². The van der Waals surface area contributed by atoms with E-state index in [9.17, 15) is 28.8 Å². The van der Waals surface area contributed by atoms with Gasteiger partial charge in [0.25, 0.3) is 23.6 Å². The molecule has 0 spiro atoms. The highest BCUT2D eigenvalue weighted by atomic mass is 16.5. The number of hydrogen-bond donors (Lipinski definition) is 2. The van der Waals surface area contributed by atoms with E-state index in [-0.39, 0.29) is 16.7 Å². The van der Waals surface area contributed by atoms with E-state index in [1.54, 1.807) is 48.5 Å². The first-order valence-corrected chi connectivity index (χ1v) is 14.0. The van der Waals surface area contributed by atoms with E-state index in [2.05, 4.69) is 10.6 Å². The molecule has 4 amide bonds. The maximum absolute atomic E-state index is 13.1. The van der Waals surface area contributed by atoms with Crippen molar-refractivity contribution < 1.29 is 47.7 Å². The molecule has 13 nitrogen and oxygen atoms in total. The van der Waals surface area contributed by atoms with Crippen molar-refractivity contribution in [2.24, 2.45) is 0 Å². The summed E-state index contributed by atoms with van der Waals surface area (Å²) >= 11 is 0. The average Bonchev–Trinajstić information content (AvgIpc) is 3.28. The highest BCUT2D eigenvalue weighted by Gasteiger charge is 2.42. The smallest absolute Gasteiger partial charge is 0.338 e. The van der Waals surface area contributed by atoms with Gasteiger partial charge in [0.05, 0.1) is 29.9 Å². The van der Waals surface area contributed by atoms with E-state index in [1.165, 1.54) is 19.1 Å². The quantitative estimate of drug-likeness (QED) is 0.214. The van der Waals surface area contributed by atoms with Gasteiger partial charge in [-0.1, -0.05) is 0 Å². The van der Waals surface area contributed by atoms with Crippen LogP contribution in [0.25, 0.3) is 0 Å². The molecule has 1 aliphatic rings. The first-order chi connectivity index (χ1) is 21.6. The Bertz CT molecular complexity index is 1600. The molecule has 4 rings (SSSR count). The monoisotopic (exact) mass is 617 g/mol. The number of ether oxygens (including phenoxy) is 4. The van der Waals surface area contributed by atoms with Gasteiger partial charge in [-0.3, -0.25) is 24.1 Å². The second-order valence-electron chi connectivity index (χ2n) is 9.61. The summed E-state index contributed by atoms with van der Waals surface area (Å²) in [6, 6.07) is 15.5. The van der Waals surface area contributed by atoms with E-state index >= 15 is 0 Å². The Kier molecular flexibility index (Phi) is 10.5. The molecule has 0 fully saturated rings. The Morgan fingerprint density at radius 3 is 1.69 bits per heavy atom. The second kappa shape index (κ2) is 14.6. The Labute approximate surface area is 258 Å². The largest absolute Gasteiger partial charge is 0.494 e. The summed E-state index contributed by atoms with van der Waals surface area (Å²) in [5.74, 6) is -3.43. The lowest BCUT2D eigenvalue weighted by atomic mass is 10.1. The molecule has 1 unspecified atom stereocenters. The van der Waals surface area contributed by atoms with Gasteiger partial charge < -0.3 is 29.6 Å². The zero-order valence-corrected chi connectivity index (χ0v) is 24.8. The van der Waals surface area contributed by atoms with E-state index in [0.717, 1.165) is 6.07 Å². The third-order valence-corrected chi connectivity index (χ3v) is 6.46. The molecule has 3 aromatic carbocycles. The predicted molar refractivity (Wildman–Crippen MR) is 160 cm³/mol. The number of anilines is 2. The summed E-state index contributed by atoms with van der Waals surface area (Å²) in [5, 5.41) is 5.15. The maximum Gasteiger partial charge on any atom is 0.338 e. The van der Waals surface area contributed by atoms with E-state index in [1.807, 2.05) is 13.8 Å². The molecule has 3 aromatic rings. The van der Waals surface area contributed by atoms with Gasteiger partial charge in [-0.2, -0.15) is 0 Å². The molecule has 1 atom stereocenters. The van der Waals surface area contributed by atoms with Gasteiger partial charge in [-0.25, -0.2) is 9.59 Å². The Morgan fingerprint density at radius 1 is 0.689 bits per heavy atom. The van der Waals surface area contributed by atoms with Crippen LogP contribution in [-0.2, 0) is 23.9 Å². The number of nitrogens with zero attached hydrogens (tertiary/aromatic N) is 1.